The van der Waals surface area contributed by atoms with Gasteiger partial charge in [0.1, 0.15) is 10.6 Å². The Bertz CT molecular complexity index is 1110. The fourth-order valence-corrected chi connectivity index (χ4v) is 4.39. The highest BCUT2D eigenvalue weighted by molar-refractivity contribution is 7.17. The summed E-state index contributed by atoms with van der Waals surface area (Å²) in [6.45, 7) is 2.10. The van der Waals surface area contributed by atoms with Gasteiger partial charge in [-0.3, -0.25) is 9.69 Å². The van der Waals surface area contributed by atoms with Gasteiger partial charge in [-0.25, -0.2) is 9.78 Å². The lowest BCUT2D eigenvalue weighted by molar-refractivity contribution is 0.0954. The van der Waals surface area contributed by atoms with Crippen molar-refractivity contribution in [2.24, 2.45) is 0 Å². The number of hydrogen-bond donors (Lipinski definition) is 1. The first kappa shape index (κ1) is 22.6. The minimum absolute atomic E-state index is 0.104. The molecule has 1 aromatic heterocycles. The molecule has 1 saturated heterocycles. The summed E-state index contributed by atoms with van der Waals surface area (Å²) in [6, 6.07) is 15.6. The van der Waals surface area contributed by atoms with Crippen LogP contribution in [0.2, 0.25) is 0 Å². The molecule has 9 heteroatoms. The third kappa shape index (κ3) is 5.25. The fourth-order valence-electron chi connectivity index (χ4n) is 3.53. The number of aromatic nitrogens is 1. The van der Waals surface area contributed by atoms with Crippen molar-refractivity contribution in [1.29, 1.82) is 0 Å². The molecule has 0 unspecified atom stereocenters. The maximum absolute atomic E-state index is 12.9. The van der Waals surface area contributed by atoms with Crippen molar-refractivity contribution in [3.8, 4) is 5.75 Å². The van der Waals surface area contributed by atoms with Gasteiger partial charge in [0.15, 0.2) is 5.13 Å². The molecule has 1 fully saturated rings. The Morgan fingerprint density at radius 3 is 2.45 bits per heavy atom. The highest BCUT2D eigenvalue weighted by Crippen LogP contribution is 2.27. The van der Waals surface area contributed by atoms with E-state index in [0.717, 1.165) is 22.6 Å². The molecule has 0 radical (unpaired) electrons. The lowest BCUT2D eigenvalue weighted by atomic mass is 10.2. The molecule has 8 nitrogen and oxygen atoms in total. The highest BCUT2D eigenvalue weighted by atomic mass is 32.1. The average Bonchev–Trinajstić information content (AvgIpc) is 3.45. The van der Waals surface area contributed by atoms with Crippen LogP contribution in [-0.4, -0.2) is 56.1 Å². The van der Waals surface area contributed by atoms with Gasteiger partial charge in [-0.1, -0.05) is 35.6 Å². The molecule has 1 aliphatic heterocycles. The van der Waals surface area contributed by atoms with E-state index in [-0.39, 0.29) is 11.9 Å². The van der Waals surface area contributed by atoms with Gasteiger partial charge in [0, 0.05) is 46.0 Å². The number of hydrogen-bond acceptors (Lipinski definition) is 6. The number of anilines is 2. The predicted octanol–water partition coefficient (Wildman–Crippen LogP) is 3.59. The van der Waals surface area contributed by atoms with Gasteiger partial charge in [-0.2, -0.15) is 0 Å². The lowest BCUT2D eigenvalue weighted by Gasteiger charge is -2.17. The minimum atomic E-state index is -0.197. The number of urea groups is 1. The van der Waals surface area contributed by atoms with Gasteiger partial charge >= 0.3 is 6.03 Å². The second-order valence-electron chi connectivity index (χ2n) is 7.95. The Morgan fingerprint density at radius 2 is 1.79 bits per heavy atom. The number of methoxy groups -OCH3 is 1. The number of thiazole rings is 1. The first-order valence-electron chi connectivity index (χ1n) is 10.6. The molecular formula is C24H27N5O3S. The quantitative estimate of drug-likeness (QED) is 0.550. The second kappa shape index (κ2) is 9.91. The zero-order chi connectivity index (χ0) is 23.4. The topological polar surface area (TPSA) is 78.0 Å². The zero-order valence-corrected chi connectivity index (χ0v) is 19.8. The monoisotopic (exact) mass is 465 g/mol. The normalized spacial score (nSPS) is 13.4. The first-order chi connectivity index (χ1) is 15.9. The molecule has 0 saturated carbocycles. The van der Waals surface area contributed by atoms with Crippen molar-refractivity contribution in [2.45, 2.75) is 13.1 Å². The number of benzene rings is 2. The Labute approximate surface area is 197 Å². The van der Waals surface area contributed by atoms with E-state index in [1.54, 1.807) is 16.9 Å². The molecular weight excluding hydrogens is 438 g/mol. The number of amides is 3. The number of ether oxygens (including phenoxy) is 1. The molecule has 3 amide bonds. The van der Waals surface area contributed by atoms with E-state index in [4.69, 9.17) is 4.74 Å². The molecule has 0 bridgehead atoms. The summed E-state index contributed by atoms with van der Waals surface area (Å²) in [5.41, 5.74) is 3.15. The van der Waals surface area contributed by atoms with Crippen LogP contribution in [0.4, 0.5) is 15.6 Å². The molecule has 1 aliphatic rings. The summed E-state index contributed by atoms with van der Waals surface area (Å²) in [7, 11) is 5.60. The maximum Gasteiger partial charge on any atom is 0.326 e. The van der Waals surface area contributed by atoms with Crippen molar-refractivity contribution in [3.05, 3.63) is 70.7 Å². The molecule has 33 heavy (non-hydrogen) atoms. The standard InChI is InChI=1S/C24H27N5O3S/c1-27(2)19-8-4-17(5-9-19)14-25-22(30)21-15-26-23(33-21)29-13-12-28(24(29)31)16-18-6-10-20(32-3)11-7-18/h4-11,15H,12-14,16H2,1-3H3,(H,25,30). The Morgan fingerprint density at radius 1 is 1.09 bits per heavy atom. The van der Waals surface area contributed by atoms with Crippen LogP contribution in [0.25, 0.3) is 0 Å². The molecule has 3 aromatic rings. The minimum Gasteiger partial charge on any atom is -0.497 e. The fraction of sp³-hybridized carbons (Fsp3) is 0.292. The van der Waals surface area contributed by atoms with Gasteiger partial charge in [0.05, 0.1) is 13.3 Å². The summed E-state index contributed by atoms with van der Waals surface area (Å²) < 4.78 is 5.18. The van der Waals surface area contributed by atoms with Crippen LogP contribution in [0, 0.1) is 0 Å². The SMILES string of the molecule is COc1ccc(CN2CCN(c3ncc(C(=O)NCc4ccc(N(C)C)cc4)s3)C2=O)cc1. The summed E-state index contributed by atoms with van der Waals surface area (Å²) in [5.74, 6) is 0.587. The van der Waals surface area contributed by atoms with E-state index in [1.807, 2.05) is 67.5 Å². The van der Waals surface area contributed by atoms with E-state index < -0.39 is 0 Å². The summed E-state index contributed by atoms with van der Waals surface area (Å²) in [5, 5.41) is 3.46. The summed E-state index contributed by atoms with van der Waals surface area (Å²) >= 11 is 1.23. The van der Waals surface area contributed by atoms with E-state index in [0.29, 0.717) is 36.2 Å². The Hall–Kier alpha value is -3.59. The van der Waals surface area contributed by atoms with Crippen molar-refractivity contribution in [2.75, 3.05) is 44.1 Å². The van der Waals surface area contributed by atoms with Crippen LogP contribution < -0.4 is 19.9 Å². The maximum atomic E-state index is 12.9. The van der Waals surface area contributed by atoms with Crippen molar-refractivity contribution in [1.82, 2.24) is 15.2 Å². The summed E-state index contributed by atoms with van der Waals surface area (Å²) in [6.07, 6.45) is 1.53. The number of nitrogens with one attached hydrogen (secondary N) is 1. The number of carbonyl (C=O) groups excluding carboxylic acids is 2. The van der Waals surface area contributed by atoms with Crippen LogP contribution in [0.5, 0.6) is 5.75 Å². The van der Waals surface area contributed by atoms with Crippen molar-refractivity contribution >= 4 is 34.1 Å². The van der Waals surface area contributed by atoms with Crippen molar-refractivity contribution in [3.63, 3.8) is 0 Å². The smallest absolute Gasteiger partial charge is 0.326 e. The van der Waals surface area contributed by atoms with E-state index in [2.05, 4.69) is 10.3 Å². The van der Waals surface area contributed by atoms with Gasteiger partial charge in [0.2, 0.25) is 0 Å². The molecule has 2 heterocycles. The number of rotatable bonds is 8. The largest absolute Gasteiger partial charge is 0.497 e. The molecule has 1 N–H and O–H groups in total. The van der Waals surface area contributed by atoms with Gasteiger partial charge in [0.25, 0.3) is 5.91 Å². The van der Waals surface area contributed by atoms with Crippen LogP contribution in [-0.2, 0) is 13.1 Å². The van der Waals surface area contributed by atoms with Gasteiger partial charge < -0.3 is 19.9 Å². The molecule has 172 valence electrons. The average molecular weight is 466 g/mol. The summed E-state index contributed by atoms with van der Waals surface area (Å²) in [4.78, 5) is 35.7. The molecule has 0 aliphatic carbocycles. The molecule has 0 atom stereocenters. The van der Waals surface area contributed by atoms with E-state index >= 15 is 0 Å². The van der Waals surface area contributed by atoms with Crippen LogP contribution in [0.3, 0.4) is 0 Å². The Kier molecular flexibility index (Phi) is 6.79. The second-order valence-corrected chi connectivity index (χ2v) is 8.96. The Balaban J connectivity index is 1.33. The molecule has 2 aromatic carbocycles. The molecule has 4 rings (SSSR count). The zero-order valence-electron chi connectivity index (χ0n) is 18.9. The van der Waals surface area contributed by atoms with E-state index in [9.17, 15) is 9.59 Å². The number of nitrogens with zero attached hydrogens (tertiary/aromatic N) is 4. The van der Waals surface area contributed by atoms with Crippen LogP contribution >= 0.6 is 11.3 Å². The highest BCUT2D eigenvalue weighted by Gasteiger charge is 2.31. The van der Waals surface area contributed by atoms with Crippen molar-refractivity contribution < 1.29 is 14.3 Å². The van der Waals surface area contributed by atoms with Gasteiger partial charge in [-0.05, 0) is 35.4 Å². The van der Waals surface area contributed by atoms with Crippen LogP contribution in [0.15, 0.2) is 54.7 Å². The van der Waals surface area contributed by atoms with E-state index in [1.165, 1.54) is 17.5 Å². The number of carbonyl (C=O) groups is 2. The predicted molar refractivity (Wildman–Crippen MR) is 130 cm³/mol. The third-order valence-electron chi connectivity index (χ3n) is 5.48. The lowest BCUT2D eigenvalue weighted by Crippen LogP contribution is -2.31. The van der Waals surface area contributed by atoms with Gasteiger partial charge in [-0.15, -0.1) is 0 Å². The van der Waals surface area contributed by atoms with Crippen LogP contribution in [0.1, 0.15) is 20.8 Å². The molecule has 0 spiro atoms. The third-order valence-corrected chi connectivity index (χ3v) is 6.50. The first-order valence-corrected chi connectivity index (χ1v) is 11.5.